The van der Waals surface area contributed by atoms with Crippen molar-refractivity contribution in [3.63, 3.8) is 0 Å². The number of nitrogens with zero attached hydrogens (tertiary/aromatic N) is 1. The number of urea groups is 1. The van der Waals surface area contributed by atoms with E-state index in [2.05, 4.69) is 72.0 Å². The summed E-state index contributed by atoms with van der Waals surface area (Å²) in [6.45, 7) is 2.85. The van der Waals surface area contributed by atoms with Crippen molar-refractivity contribution in [2.45, 2.75) is 18.5 Å². The molecule has 0 aliphatic carbocycles. The third kappa shape index (κ3) is 3.33. The van der Waals surface area contributed by atoms with Gasteiger partial charge in [-0.05, 0) is 35.9 Å². The van der Waals surface area contributed by atoms with Crippen LogP contribution >= 0.6 is 11.6 Å². The van der Waals surface area contributed by atoms with Crippen molar-refractivity contribution in [3.8, 4) is 0 Å². The van der Waals surface area contributed by atoms with Crippen molar-refractivity contribution < 1.29 is 4.79 Å². The number of benzene rings is 2. The molecule has 2 atom stereocenters. The van der Waals surface area contributed by atoms with E-state index < -0.39 is 5.50 Å². The van der Waals surface area contributed by atoms with E-state index in [0.29, 0.717) is 6.54 Å². The van der Waals surface area contributed by atoms with Crippen LogP contribution in [0.15, 0.2) is 54.2 Å². The zero-order valence-corrected chi connectivity index (χ0v) is 14.0. The molecule has 2 amide bonds. The van der Waals surface area contributed by atoms with Gasteiger partial charge in [-0.1, -0.05) is 54.1 Å². The highest BCUT2D eigenvalue weighted by atomic mass is 35.5. The maximum absolute atomic E-state index is 11.2. The molecule has 23 heavy (non-hydrogen) atoms. The molecule has 0 aromatic heterocycles. The Balaban J connectivity index is 1.82. The van der Waals surface area contributed by atoms with Crippen LogP contribution in [0.3, 0.4) is 0 Å². The summed E-state index contributed by atoms with van der Waals surface area (Å²) in [5.74, 6) is 0. The fraction of sp³-hybridized carbons (Fsp3) is 0.278. The molecular formula is C18H20ClN3O. The van der Waals surface area contributed by atoms with Crippen LogP contribution in [0.1, 0.15) is 18.5 Å². The second-order valence-corrected chi connectivity index (χ2v) is 6.30. The van der Waals surface area contributed by atoms with Gasteiger partial charge in [-0.15, -0.1) is 0 Å². The third-order valence-corrected chi connectivity index (χ3v) is 4.73. The first-order valence-electron chi connectivity index (χ1n) is 7.64. The topological polar surface area (TPSA) is 44.4 Å². The Hall–Kier alpha value is -2.04. The summed E-state index contributed by atoms with van der Waals surface area (Å²) in [5, 5.41) is 7.82. The van der Waals surface area contributed by atoms with Gasteiger partial charge >= 0.3 is 6.03 Å². The number of hydrogen-bond donors (Lipinski definition) is 2. The standard InChI is InChI=1S/C18H20ClN3O/c1-12(15-9-5-7-13-6-3-4-8-16(13)15)22(2)11-14-10-20-18(23)21-17(14)19/h3-10,12,17H,11H2,1-2H3,(H2,20,21,23)/t12-,17?/m1/s1. The Labute approximate surface area is 141 Å². The summed E-state index contributed by atoms with van der Waals surface area (Å²) in [6.07, 6.45) is 1.70. The number of hydrogen-bond acceptors (Lipinski definition) is 2. The van der Waals surface area contributed by atoms with Gasteiger partial charge in [0, 0.05) is 18.8 Å². The fourth-order valence-electron chi connectivity index (χ4n) is 2.88. The number of fused-ring (bicyclic) bond motifs is 1. The van der Waals surface area contributed by atoms with E-state index in [-0.39, 0.29) is 12.1 Å². The van der Waals surface area contributed by atoms with Crippen LogP contribution in [0.2, 0.25) is 0 Å². The van der Waals surface area contributed by atoms with Crippen molar-refractivity contribution in [1.82, 2.24) is 15.5 Å². The molecule has 2 aromatic carbocycles. The summed E-state index contributed by atoms with van der Waals surface area (Å²) < 4.78 is 0. The highest BCUT2D eigenvalue weighted by molar-refractivity contribution is 6.23. The van der Waals surface area contributed by atoms with Gasteiger partial charge in [0.25, 0.3) is 0 Å². The van der Waals surface area contributed by atoms with E-state index in [1.54, 1.807) is 6.20 Å². The van der Waals surface area contributed by atoms with Crippen LogP contribution in [0.25, 0.3) is 10.8 Å². The minimum absolute atomic E-state index is 0.225. The number of likely N-dealkylation sites (N-methyl/N-ethyl adjacent to an activating group) is 1. The fourth-order valence-corrected chi connectivity index (χ4v) is 3.11. The molecule has 1 heterocycles. The molecule has 0 fully saturated rings. The van der Waals surface area contributed by atoms with Crippen LogP contribution in [0.4, 0.5) is 4.79 Å². The molecule has 0 saturated carbocycles. The second kappa shape index (κ2) is 6.60. The van der Waals surface area contributed by atoms with E-state index in [1.165, 1.54) is 16.3 Å². The Kier molecular flexibility index (Phi) is 4.55. The quantitative estimate of drug-likeness (QED) is 0.665. The molecule has 120 valence electrons. The Morgan fingerprint density at radius 1 is 1.22 bits per heavy atom. The number of nitrogens with one attached hydrogen (secondary N) is 2. The molecule has 1 unspecified atom stereocenters. The van der Waals surface area contributed by atoms with E-state index in [1.807, 2.05) is 0 Å². The molecule has 0 bridgehead atoms. The van der Waals surface area contributed by atoms with Crippen LogP contribution in [-0.4, -0.2) is 30.0 Å². The largest absolute Gasteiger partial charge is 0.320 e. The van der Waals surface area contributed by atoms with Crippen molar-refractivity contribution in [1.29, 1.82) is 0 Å². The first-order valence-corrected chi connectivity index (χ1v) is 8.08. The summed E-state index contributed by atoms with van der Waals surface area (Å²) in [7, 11) is 2.06. The van der Waals surface area contributed by atoms with Gasteiger partial charge in [-0.2, -0.15) is 0 Å². The van der Waals surface area contributed by atoms with E-state index in [0.717, 1.165) is 5.57 Å². The molecule has 0 saturated heterocycles. The van der Waals surface area contributed by atoms with Crippen molar-refractivity contribution in [3.05, 3.63) is 59.8 Å². The van der Waals surface area contributed by atoms with Crippen LogP contribution < -0.4 is 10.6 Å². The average Bonchev–Trinajstić information content (AvgIpc) is 2.56. The van der Waals surface area contributed by atoms with Crippen molar-refractivity contribution in [2.75, 3.05) is 13.6 Å². The number of rotatable bonds is 4. The Morgan fingerprint density at radius 2 is 1.96 bits per heavy atom. The van der Waals surface area contributed by atoms with Gasteiger partial charge in [0.2, 0.25) is 0 Å². The Morgan fingerprint density at radius 3 is 2.74 bits per heavy atom. The Bertz CT molecular complexity index is 754. The van der Waals surface area contributed by atoms with Crippen LogP contribution in [-0.2, 0) is 0 Å². The SMILES string of the molecule is C[C@H](c1cccc2ccccc12)N(C)CC1=CNC(=O)NC1Cl. The molecule has 5 heteroatoms. The molecule has 1 aliphatic rings. The van der Waals surface area contributed by atoms with Gasteiger partial charge in [0.05, 0.1) is 0 Å². The van der Waals surface area contributed by atoms with Gasteiger partial charge in [0.15, 0.2) is 0 Å². The minimum Gasteiger partial charge on any atom is -0.318 e. The number of carbonyl (C=O) groups excluding carboxylic acids is 1. The molecule has 1 aliphatic heterocycles. The summed E-state index contributed by atoms with van der Waals surface area (Å²) in [5.41, 5.74) is 1.76. The number of amides is 2. The lowest BCUT2D eigenvalue weighted by Crippen LogP contribution is -2.45. The van der Waals surface area contributed by atoms with Gasteiger partial charge in [-0.25, -0.2) is 4.79 Å². The molecule has 4 nitrogen and oxygen atoms in total. The van der Waals surface area contributed by atoms with Crippen molar-refractivity contribution in [2.24, 2.45) is 0 Å². The monoisotopic (exact) mass is 329 g/mol. The zero-order chi connectivity index (χ0) is 16.4. The minimum atomic E-state index is -0.467. The normalized spacial score (nSPS) is 19.2. The first-order chi connectivity index (χ1) is 11.1. The van der Waals surface area contributed by atoms with E-state index in [4.69, 9.17) is 11.6 Å². The maximum atomic E-state index is 11.2. The second-order valence-electron chi connectivity index (χ2n) is 5.86. The highest BCUT2D eigenvalue weighted by Gasteiger charge is 2.22. The maximum Gasteiger partial charge on any atom is 0.320 e. The van der Waals surface area contributed by atoms with E-state index in [9.17, 15) is 4.79 Å². The first kappa shape index (κ1) is 15.8. The van der Waals surface area contributed by atoms with Crippen LogP contribution in [0.5, 0.6) is 0 Å². The lowest BCUT2D eigenvalue weighted by atomic mass is 9.98. The van der Waals surface area contributed by atoms with Crippen molar-refractivity contribution >= 4 is 28.4 Å². The number of halogens is 1. The average molecular weight is 330 g/mol. The lowest BCUT2D eigenvalue weighted by molar-refractivity contribution is 0.240. The third-order valence-electron chi connectivity index (χ3n) is 4.34. The molecule has 0 spiro atoms. The molecular weight excluding hydrogens is 310 g/mol. The van der Waals surface area contributed by atoms with Gasteiger partial charge in [0.1, 0.15) is 5.50 Å². The smallest absolute Gasteiger partial charge is 0.318 e. The predicted octanol–water partition coefficient (Wildman–Crippen LogP) is 3.59. The zero-order valence-electron chi connectivity index (χ0n) is 13.2. The molecule has 0 radical (unpaired) electrons. The van der Waals surface area contributed by atoms with E-state index >= 15 is 0 Å². The summed E-state index contributed by atoms with van der Waals surface area (Å²) in [4.78, 5) is 13.5. The van der Waals surface area contributed by atoms with Gasteiger partial charge in [-0.3, -0.25) is 4.90 Å². The highest BCUT2D eigenvalue weighted by Crippen LogP contribution is 2.28. The summed E-state index contributed by atoms with van der Waals surface area (Å²) in [6, 6.07) is 14.7. The lowest BCUT2D eigenvalue weighted by Gasteiger charge is -2.30. The van der Waals surface area contributed by atoms with Crippen LogP contribution in [0, 0.1) is 0 Å². The predicted molar refractivity (Wildman–Crippen MR) is 94.4 cm³/mol. The number of carbonyl (C=O) groups is 1. The number of alkyl halides is 1. The van der Waals surface area contributed by atoms with Gasteiger partial charge < -0.3 is 10.6 Å². The molecule has 2 aromatic rings. The summed E-state index contributed by atoms with van der Waals surface area (Å²) >= 11 is 6.20. The molecule has 3 rings (SSSR count). The molecule has 2 N–H and O–H groups in total.